The number of nitrogens with one attached hydrogen (secondary N) is 2. The molecule has 0 unspecified atom stereocenters. The van der Waals surface area contributed by atoms with Crippen molar-refractivity contribution >= 4 is 38.5 Å². The van der Waals surface area contributed by atoms with E-state index in [1.807, 2.05) is 6.20 Å². The summed E-state index contributed by atoms with van der Waals surface area (Å²) in [5.41, 5.74) is 5.16. The molecule has 3 fully saturated rings. The Morgan fingerprint density at radius 1 is 1.00 bits per heavy atom. The van der Waals surface area contributed by atoms with Crippen molar-refractivity contribution < 1.29 is 4.74 Å². The minimum atomic E-state index is 0.470. The molecule has 6 rings (SSSR count). The van der Waals surface area contributed by atoms with Crippen LogP contribution in [0.3, 0.4) is 0 Å². The molecular formula is C29H40BrN7O. The van der Waals surface area contributed by atoms with Crippen LogP contribution in [0.15, 0.2) is 34.9 Å². The van der Waals surface area contributed by atoms with Crippen molar-refractivity contribution in [2.75, 3.05) is 75.8 Å². The molecular weight excluding hydrogens is 542 g/mol. The van der Waals surface area contributed by atoms with E-state index < -0.39 is 0 Å². The summed E-state index contributed by atoms with van der Waals surface area (Å²) in [5, 5.41) is 3.81. The zero-order valence-corrected chi connectivity index (χ0v) is 24.0. The Morgan fingerprint density at radius 2 is 1.76 bits per heavy atom. The van der Waals surface area contributed by atoms with Crippen molar-refractivity contribution in [1.29, 1.82) is 0 Å². The number of piperazine rings is 1. The molecule has 38 heavy (non-hydrogen) atoms. The molecule has 0 atom stereocenters. The Labute approximate surface area is 234 Å². The predicted octanol–water partition coefficient (Wildman–Crippen LogP) is 4.83. The summed E-state index contributed by atoms with van der Waals surface area (Å²) in [6.45, 7) is 12.6. The summed E-state index contributed by atoms with van der Waals surface area (Å²) in [4.78, 5) is 20.6. The first-order chi connectivity index (χ1) is 18.7. The number of pyridine rings is 1. The van der Waals surface area contributed by atoms with Gasteiger partial charge in [-0.3, -0.25) is 4.90 Å². The molecule has 1 aliphatic carbocycles. The number of hydrogen-bond acceptors (Lipinski definition) is 7. The minimum absolute atomic E-state index is 0.470. The molecule has 2 aromatic heterocycles. The first-order valence-corrected chi connectivity index (χ1v) is 15.1. The number of nitrogens with zero attached hydrogens (tertiary/aromatic N) is 5. The molecule has 8 nitrogen and oxygen atoms in total. The number of aromatic amines is 1. The van der Waals surface area contributed by atoms with Crippen LogP contribution in [-0.4, -0.2) is 96.4 Å². The summed E-state index contributed by atoms with van der Waals surface area (Å²) in [7, 11) is 0. The van der Waals surface area contributed by atoms with Gasteiger partial charge in [-0.15, -0.1) is 0 Å². The SMILES string of the molecule is CCOCCN1CCN(c2ccc(-c3nc4ncc(Br)c(NC5CCN(CC6CC6)CC5)c4[nH]3)cc2)CC1. The van der Waals surface area contributed by atoms with Crippen LogP contribution in [-0.2, 0) is 4.74 Å². The van der Waals surface area contributed by atoms with E-state index in [9.17, 15) is 0 Å². The number of anilines is 2. The van der Waals surface area contributed by atoms with Crippen LogP contribution < -0.4 is 10.2 Å². The normalized spacial score (nSPS) is 19.9. The third kappa shape index (κ3) is 6.17. The summed E-state index contributed by atoms with van der Waals surface area (Å²) in [5.74, 6) is 1.83. The Morgan fingerprint density at radius 3 is 2.47 bits per heavy atom. The Kier molecular flexibility index (Phi) is 8.16. The lowest BCUT2D eigenvalue weighted by Gasteiger charge is -2.36. The van der Waals surface area contributed by atoms with Gasteiger partial charge in [0.1, 0.15) is 11.3 Å². The second-order valence-corrected chi connectivity index (χ2v) is 11.9. The van der Waals surface area contributed by atoms with Crippen molar-refractivity contribution in [3.8, 4) is 11.4 Å². The van der Waals surface area contributed by atoms with Gasteiger partial charge < -0.3 is 24.8 Å². The standard InChI is InChI=1S/C29H40BrN7O/c1-2-38-18-17-35-13-15-37(16-14-35)24-7-5-22(6-8-24)28-33-27-26(25(30)19-31-29(27)34-28)32-23-9-11-36(12-10-23)20-21-3-4-21/h5-8,19,21,23H,2-4,9-18,20H2,1H3,(H2,31,32,33,34). The fourth-order valence-corrected chi connectivity index (χ4v) is 6.15. The number of rotatable bonds is 10. The Balaban J connectivity index is 1.10. The first kappa shape index (κ1) is 26.0. The monoisotopic (exact) mass is 581 g/mol. The van der Waals surface area contributed by atoms with E-state index in [1.165, 1.54) is 51.0 Å². The van der Waals surface area contributed by atoms with Gasteiger partial charge in [-0.05, 0) is 78.7 Å². The van der Waals surface area contributed by atoms with Gasteiger partial charge in [-0.2, -0.15) is 0 Å². The number of piperidine rings is 1. The van der Waals surface area contributed by atoms with Crippen LogP contribution in [0.1, 0.15) is 32.6 Å². The maximum Gasteiger partial charge on any atom is 0.180 e. The van der Waals surface area contributed by atoms with E-state index in [0.717, 1.165) is 84.6 Å². The number of benzene rings is 1. The second-order valence-electron chi connectivity index (χ2n) is 11.0. The van der Waals surface area contributed by atoms with Gasteiger partial charge in [0.15, 0.2) is 5.65 Å². The summed E-state index contributed by atoms with van der Waals surface area (Å²) in [6, 6.07) is 9.25. The minimum Gasteiger partial charge on any atom is -0.380 e. The molecule has 3 aliphatic rings. The maximum absolute atomic E-state index is 5.52. The summed E-state index contributed by atoms with van der Waals surface area (Å²) in [6.07, 6.45) is 7.07. The molecule has 0 radical (unpaired) electrons. The number of halogens is 1. The zero-order valence-electron chi connectivity index (χ0n) is 22.5. The molecule has 2 aliphatic heterocycles. The Hall–Kier alpha value is -2.20. The predicted molar refractivity (Wildman–Crippen MR) is 158 cm³/mol. The van der Waals surface area contributed by atoms with Gasteiger partial charge in [0, 0.05) is 82.5 Å². The molecule has 4 heterocycles. The van der Waals surface area contributed by atoms with Crippen LogP contribution in [0.2, 0.25) is 0 Å². The molecule has 2 N–H and O–H groups in total. The van der Waals surface area contributed by atoms with Crippen molar-refractivity contribution in [1.82, 2.24) is 24.8 Å². The molecule has 0 bridgehead atoms. The third-order valence-corrected chi connectivity index (χ3v) is 8.86. The van der Waals surface area contributed by atoms with E-state index in [-0.39, 0.29) is 0 Å². The van der Waals surface area contributed by atoms with E-state index in [1.54, 1.807) is 0 Å². The second kappa shape index (κ2) is 11.9. The van der Waals surface area contributed by atoms with E-state index in [2.05, 4.69) is 77.1 Å². The highest BCUT2D eigenvalue weighted by Crippen LogP contribution is 2.34. The number of imidazole rings is 1. The number of hydrogen-bond donors (Lipinski definition) is 2. The van der Waals surface area contributed by atoms with E-state index in [0.29, 0.717) is 6.04 Å². The molecule has 0 spiro atoms. The third-order valence-electron chi connectivity index (χ3n) is 8.26. The topological polar surface area (TPSA) is 72.6 Å². The van der Waals surface area contributed by atoms with Gasteiger partial charge in [0.2, 0.25) is 0 Å². The lowest BCUT2D eigenvalue weighted by molar-refractivity contribution is 0.111. The molecule has 3 aromatic rings. The van der Waals surface area contributed by atoms with Crippen LogP contribution in [0.25, 0.3) is 22.6 Å². The number of H-pyrrole nitrogens is 1. The average molecular weight is 583 g/mol. The first-order valence-electron chi connectivity index (χ1n) is 14.3. The average Bonchev–Trinajstić information content (AvgIpc) is 3.66. The van der Waals surface area contributed by atoms with Gasteiger partial charge in [0.05, 0.1) is 16.8 Å². The van der Waals surface area contributed by atoms with Gasteiger partial charge >= 0.3 is 0 Å². The fourth-order valence-electron chi connectivity index (χ4n) is 5.74. The van der Waals surface area contributed by atoms with Crippen molar-refractivity contribution in [2.45, 2.75) is 38.6 Å². The highest BCUT2D eigenvalue weighted by Gasteiger charge is 2.27. The number of likely N-dealkylation sites (tertiary alicyclic amines) is 1. The highest BCUT2D eigenvalue weighted by atomic mass is 79.9. The van der Waals surface area contributed by atoms with Crippen LogP contribution in [0.5, 0.6) is 0 Å². The van der Waals surface area contributed by atoms with Gasteiger partial charge in [-0.25, -0.2) is 9.97 Å². The molecule has 0 amide bonds. The highest BCUT2D eigenvalue weighted by molar-refractivity contribution is 9.10. The van der Waals surface area contributed by atoms with Crippen LogP contribution >= 0.6 is 15.9 Å². The number of ether oxygens (including phenoxy) is 1. The Bertz CT molecular complexity index is 1200. The largest absolute Gasteiger partial charge is 0.380 e. The molecule has 1 saturated carbocycles. The van der Waals surface area contributed by atoms with E-state index >= 15 is 0 Å². The molecule has 2 saturated heterocycles. The van der Waals surface area contributed by atoms with Crippen molar-refractivity contribution in [3.63, 3.8) is 0 Å². The maximum atomic E-state index is 5.52. The number of aromatic nitrogens is 3. The fraction of sp³-hybridized carbons (Fsp3) is 0.586. The lowest BCUT2D eigenvalue weighted by Crippen LogP contribution is -2.47. The van der Waals surface area contributed by atoms with Crippen molar-refractivity contribution in [2.24, 2.45) is 5.92 Å². The van der Waals surface area contributed by atoms with Gasteiger partial charge in [0.25, 0.3) is 0 Å². The van der Waals surface area contributed by atoms with E-state index in [4.69, 9.17) is 9.72 Å². The molecule has 9 heteroatoms. The number of fused-ring (bicyclic) bond motifs is 1. The summed E-state index contributed by atoms with van der Waals surface area (Å²) >= 11 is 3.74. The smallest absolute Gasteiger partial charge is 0.180 e. The molecule has 204 valence electrons. The van der Waals surface area contributed by atoms with Crippen LogP contribution in [0.4, 0.5) is 11.4 Å². The quantitative estimate of drug-likeness (QED) is 0.332. The molecule has 1 aromatic carbocycles. The van der Waals surface area contributed by atoms with Gasteiger partial charge in [-0.1, -0.05) is 0 Å². The zero-order chi connectivity index (χ0) is 25.9. The summed E-state index contributed by atoms with van der Waals surface area (Å²) < 4.78 is 6.50. The lowest BCUT2D eigenvalue weighted by atomic mass is 10.0. The van der Waals surface area contributed by atoms with Crippen LogP contribution in [0, 0.1) is 5.92 Å². The van der Waals surface area contributed by atoms with Crippen molar-refractivity contribution in [3.05, 3.63) is 34.9 Å².